The molecule has 0 saturated carbocycles. The van der Waals surface area contributed by atoms with Gasteiger partial charge in [0.15, 0.2) is 0 Å². The molecule has 21 heavy (non-hydrogen) atoms. The molecule has 0 spiro atoms. The molecular formula is C14H11F3N4. The molecule has 3 aromatic rings. The largest absolute Gasteiger partial charge is 0.416 e. The van der Waals surface area contributed by atoms with E-state index in [4.69, 9.17) is 5.73 Å². The van der Waals surface area contributed by atoms with Crippen LogP contribution in [0.2, 0.25) is 0 Å². The topological polar surface area (TPSA) is 67.6 Å². The molecule has 0 radical (unpaired) electrons. The van der Waals surface area contributed by atoms with Crippen molar-refractivity contribution in [3.63, 3.8) is 0 Å². The number of aromatic amines is 1. The third-order valence-corrected chi connectivity index (χ3v) is 3.23. The number of nitrogens with two attached hydrogens (primary N) is 1. The van der Waals surface area contributed by atoms with Crippen LogP contribution < -0.4 is 5.73 Å². The predicted octanol–water partition coefficient (Wildman–Crippen LogP) is 3.15. The molecule has 0 amide bonds. The Labute approximate surface area is 117 Å². The van der Waals surface area contributed by atoms with Crippen molar-refractivity contribution in [1.29, 1.82) is 0 Å². The first-order chi connectivity index (χ1) is 9.97. The Morgan fingerprint density at radius 1 is 1.10 bits per heavy atom. The number of rotatable bonds is 2. The summed E-state index contributed by atoms with van der Waals surface area (Å²) in [5, 5.41) is 6.73. The lowest BCUT2D eigenvalue weighted by Crippen LogP contribution is -2.09. The summed E-state index contributed by atoms with van der Waals surface area (Å²) >= 11 is 0. The molecule has 0 saturated heterocycles. The Kier molecular flexibility index (Phi) is 3.04. The highest BCUT2D eigenvalue weighted by atomic mass is 19.4. The van der Waals surface area contributed by atoms with Crippen LogP contribution in [0.25, 0.3) is 11.0 Å². The highest BCUT2D eigenvalue weighted by Crippen LogP contribution is 2.33. The number of hydrogen-bond acceptors (Lipinski definition) is 3. The molecule has 3 rings (SSSR count). The summed E-state index contributed by atoms with van der Waals surface area (Å²) < 4.78 is 39.0. The smallest absolute Gasteiger partial charge is 0.397 e. The third kappa shape index (κ3) is 2.42. The number of anilines is 1. The fraction of sp³-hybridized carbons (Fsp3) is 0.143. The molecular weight excluding hydrogens is 281 g/mol. The van der Waals surface area contributed by atoms with Crippen molar-refractivity contribution < 1.29 is 13.2 Å². The zero-order valence-corrected chi connectivity index (χ0v) is 10.8. The summed E-state index contributed by atoms with van der Waals surface area (Å²) in [6.45, 7) is 0. The van der Waals surface area contributed by atoms with E-state index in [9.17, 15) is 13.2 Å². The van der Waals surface area contributed by atoms with Crippen LogP contribution in [0.1, 0.15) is 16.8 Å². The summed E-state index contributed by atoms with van der Waals surface area (Å²) in [5.41, 5.74) is 7.18. The van der Waals surface area contributed by atoms with Crippen molar-refractivity contribution in [3.8, 4) is 0 Å². The van der Waals surface area contributed by atoms with Gasteiger partial charge in [0, 0.05) is 12.6 Å². The van der Waals surface area contributed by atoms with E-state index in [0.717, 1.165) is 6.07 Å². The summed E-state index contributed by atoms with van der Waals surface area (Å²) in [7, 11) is 0. The van der Waals surface area contributed by atoms with Crippen molar-refractivity contribution in [2.45, 2.75) is 12.6 Å². The fourth-order valence-electron chi connectivity index (χ4n) is 2.25. The van der Waals surface area contributed by atoms with Crippen LogP contribution >= 0.6 is 0 Å². The van der Waals surface area contributed by atoms with Gasteiger partial charge in [0.1, 0.15) is 11.0 Å². The highest BCUT2D eigenvalue weighted by Gasteiger charge is 2.33. The van der Waals surface area contributed by atoms with Gasteiger partial charge in [-0.3, -0.25) is 10.1 Å². The Morgan fingerprint density at radius 3 is 2.62 bits per heavy atom. The molecule has 0 unspecified atom stereocenters. The SMILES string of the molecule is Nc1ccnc2c(Cc3ccccc3C(F)(F)F)[nH]nc12. The second-order valence-corrected chi connectivity index (χ2v) is 4.63. The molecule has 0 aliphatic rings. The molecule has 0 fully saturated rings. The van der Waals surface area contributed by atoms with E-state index in [2.05, 4.69) is 15.2 Å². The van der Waals surface area contributed by atoms with Gasteiger partial charge in [0.25, 0.3) is 0 Å². The van der Waals surface area contributed by atoms with Crippen molar-refractivity contribution in [2.75, 3.05) is 5.73 Å². The van der Waals surface area contributed by atoms with Crippen LogP contribution in [0.15, 0.2) is 36.5 Å². The molecule has 7 heteroatoms. The maximum absolute atomic E-state index is 13.0. The molecule has 2 aromatic heterocycles. The minimum Gasteiger partial charge on any atom is -0.397 e. The molecule has 0 bridgehead atoms. The van der Waals surface area contributed by atoms with Gasteiger partial charge in [-0.1, -0.05) is 18.2 Å². The van der Waals surface area contributed by atoms with E-state index < -0.39 is 11.7 Å². The van der Waals surface area contributed by atoms with Crippen molar-refractivity contribution in [3.05, 3.63) is 53.3 Å². The lowest BCUT2D eigenvalue weighted by Gasteiger charge is -2.11. The third-order valence-electron chi connectivity index (χ3n) is 3.23. The number of fused-ring (bicyclic) bond motifs is 1. The Bertz CT molecular complexity index is 792. The number of nitrogens with zero attached hydrogens (tertiary/aromatic N) is 2. The Hall–Kier alpha value is -2.57. The van der Waals surface area contributed by atoms with Gasteiger partial charge in [-0.2, -0.15) is 18.3 Å². The van der Waals surface area contributed by atoms with Crippen LogP contribution in [0.5, 0.6) is 0 Å². The van der Waals surface area contributed by atoms with Gasteiger partial charge < -0.3 is 5.73 Å². The lowest BCUT2D eigenvalue weighted by atomic mass is 10.0. The molecule has 2 heterocycles. The summed E-state index contributed by atoms with van der Waals surface area (Å²) in [4.78, 5) is 4.14. The van der Waals surface area contributed by atoms with Gasteiger partial charge >= 0.3 is 6.18 Å². The van der Waals surface area contributed by atoms with E-state index in [1.165, 1.54) is 18.3 Å². The zero-order chi connectivity index (χ0) is 15.0. The number of benzene rings is 1. The molecule has 1 aromatic carbocycles. The first-order valence-electron chi connectivity index (χ1n) is 6.19. The monoisotopic (exact) mass is 292 g/mol. The minimum atomic E-state index is -4.39. The Morgan fingerprint density at radius 2 is 1.86 bits per heavy atom. The van der Waals surface area contributed by atoms with E-state index in [1.807, 2.05) is 0 Å². The van der Waals surface area contributed by atoms with Gasteiger partial charge in [0.2, 0.25) is 0 Å². The van der Waals surface area contributed by atoms with E-state index >= 15 is 0 Å². The number of hydrogen-bond donors (Lipinski definition) is 2. The summed E-state index contributed by atoms with van der Waals surface area (Å²) in [6.07, 6.45) is -2.83. The number of aromatic nitrogens is 3. The van der Waals surface area contributed by atoms with Crippen LogP contribution in [-0.2, 0) is 12.6 Å². The van der Waals surface area contributed by atoms with E-state index in [1.54, 1.807) is 12.1 Å². The second kappa shape index (κ2) is 4.76. The van der Waals surface area contributed by atoms with E-state index in [-0.39, 0.29) is 12.0 Å². The van der Waals surface area contributed by atoms with Crippen molar-refractivity contribution in [2.24, 2.45) is 0 Å². The number of halogens is 3. The van der Waals surface area contributed by atoms with Crippen LogP contribution in [0.4, 0.5) is 18.9 Å². The molecule has 3 N–H and O–H groups in total. The van der Waals surface area contributed by atoms with Crippen LogP contribution in [-0.4, -0.2) is 15.2 Å². The molecule has 108 valence electrons. The quantitative estimate of drug-likeness (QED) is 0.762. The van der Waals surface area contributed by atoms with Gasteiger partial charge in [0.05, 0.1) is 16.9 Å². The van der Waals surface area contributed by atoms with Crippen molar-refractivity contribution in [1.82, 2.24) is 15.2 Å². The maximum atomic E-state index is 13.0. The second-order valence-electron chi connectivity index (χ2n) is 4.63. The molecule has 0 atom stereocenters. The molecule has 0 aliphatic heterocycles. The standard InChI is InChI=1S/C14H11F3N4/c15-14(16,17)9-4-2-1-3-8(9)7-11-13-12(21-20-11)10(18)5-6-19-13/h1-6H,7H2,(H2,18,19)(H,20,21). The lowest BCUT2D eigenvalue weighted by molar-refractivity contribution is -0.138. The number of H-pyrrole nitrogens is 1. The predicted molar refractivity (Wildman–Crippen MR) is 72.6 cm³/mol. The molecule has 0 aliphatic carbocycles. The number of alkyl halides is 3. The Balaban J connectivity index is 2.06. The maximum Gasteiger partial charge on any atom is 0.416 e. The van der Waals surface area contributed by atoms with Crippen molar-refractivity contribution >= 4 is 16.7 Å². The van der Waals surface area contributed by atoms with Gasteiger partial charge in [-0.15, -0.1) is 0 Å². The number of nitrogen functional groups attached to an aromatic ring is 1. The van der Waals surface area contributed by atoms with Gasteiger partial charge in [-0.05, 0) is 17.7 Å². The average molecular weight is 292 g/mol. The number of nitrogens with one attached hydrogen (secondary N) is 1. The molecule has 4 nitrogen and oxygen atoms in total. The summed E-state index contributed by atoms with van der Waals surface area (Å²) in [5.74, 6) is 0. The summed E-state index contributed by atoms with van der Waals surface area (Å²) in [6, 6.07) is 7.05. The van der Waals surface area contributed by atoms with E-state index in [0.29, 0.717) is 22.4 Å². The zero-order valence-electron chi connectivity index (χ0n) is 10.8. The van der Waals surface area contributed by atoms with Gasteiger partial charge in [-0.25, -0.2) is 0 Å². The first kappa shape index (κ1) is 13.4. The van der Waals surface area contributed by atoms with Crippen LogP contribution in [0.3, 0.4) is 0 Å². The van der Waals surface area contributed by atoms with Crippen LogP contribution in [0, 0.1) is 0 Å². The number of pyridine rings is 1. The minimum absolute atomic E-state index is 0.0582. The highest BCUT2D eigenvalue weighted by molar-refractivity contribution is 5.87. The fourth-order valence-corrected chi connectivity index (χ4v) is 2.25. The first-order valence-corrected chi connectivity index (χ1v) is 6.19. The normalized spacial score (nSPS) is 12.0. The average Bonchev–Trinajstić information content (AvgIpc) is 2.83.